The van der Waals surface area contributed by atoms with E-state index in [0.29, 0.717) is 53.1 Å². The zero-order valence-corrected chi connectivity index (χ0v) is 31.5. The number of likely N-dealkylation sites (tertiary alicyclic amines) is 1. The number of carboxylic acids is 1. The Bertz CT molecular complexity index is 2160. The summed E-state index contributed by atoms with van der Waals surface area (Å²) in [6.07, 6.45) is 3.55. The van der Waals surface area contributed by atoms with Gasteiger partial charge in [-0.25, -0.2) is 17.2 Å². The van der Waals surface area contributed by atoms with Gasteiger partial charge in [-0.2, -0.15) is 9.29 Å². The number of rotatable bonds is 11. The number of piperidine rings is 1. The van der Waals surface area contributed by atoms with Crippen LogP contribution in [0.3, 0.4) is 0 Å². The van der Waals surface area contributed by atoms with Crippen molar-refractivity contribution >= 4 is 21.6 Å². The van der Waals surface area contributed by atoms with E-state index >= 15 is 0 Å². The summed E-state index contributed by atoms with van der Waals surface area (Å²) in [5.74, 6) is -1.90. The lowest BCUT2D eigenvalue weighted by Crippen LogP contribution is -2.38. The predicted molar refractivity (Wildman–Crippen MR) is 192 cm³/mol. The van der Waals surface area contributed by atoms with Crippen molar-refractivity contribution < 1.29 is 36.6 Å². The molecule has 1 aliphatic carbocycles. The number of aryl methyl sites for hydroxylation is 3. The van der Waals surface area contributed by atoms with Gasteiger partial charge in [0.15, 0.2) is 5.65 Å². The monoisotopic (exact) mass is 752 g/mol. The van der Waals surface area contributed by atoms with E-state index in [1.807, 2.05) is 25.1 Å². The van der Waals surface area contributed by atoms with Crippen LogP contribution in [-0.2, 0) is 21.4 Å². The van der Waals surface area contributed by atoms with E-state index in [9.17, 15) is 27.1 Å². The van der Waals surface area contributed by atoms with E-state index in [1.54, 1.807) is 39.8 Å². The molecule has 1 saturated carbocycles. The highest BCUT2D eigenvalue weighted by Crippen LogP contribution is 2.48. The number of carboxylic acid groups (broad SMARTS) is 1. The predicted octanol–water partition coefficient (Wildman–Crippen LogP) is 6.21. The van der Waals surface area contributed by atoms with E-state index in [-0.39, 0.29) is 29.5 Å². The highest BCUT2D eigenvalue weighted by atomic mass is 32.2. The lowest BCUT2D eigenvalue weighted by atomic mass is 9.70. The van der Waals surface area contributed by atoms with Crippen LogP contribution in [0.25, 0.3) is 5.65 Å². The van der Waals surface area contributed by atoms with Crippen molar-refractivity contribution in [1.82, 2.24) is 28.8 Å². The van der Waals surface area contributed by atoms with Gasteiger partial charge in [0.1, 0.15) is 17.1 Å². The maximum atomic E-state index is 14.5. The number of carbonyl (C=O) groups is 1. The fourth-order valence-electron chi connectivity index (χ4n) is 7.65. The number of hydrogen-bond acceptors (Lipinski definition) is 9. The Morgan fingerprint density at radius 3 is 2.47 bits per heavy atom. The number of ether oxygens (including phenoxy) is 2. The second-order valence-electron chi connectivity index (χ2n) is 15.3. The number of aromatic nitrogens is 4. The van der Waals surface area contributed by atoms with Gasteiger partial charge in [-0.15, -0.1) is 10.2 Å². The molecule has 5 heterocycles. The average molecular weight is 753 g/mol. The molecule has 1 N–H and O–H groups in total. The van der Waals surface area contributed by atoms with Crippen LogP contribution in [0, 0.1) is 26.2 Å². The summed E-state index contributed by atoms with van der Waals surface area (Å²) in [7, 11) is -4.10. The molecule has 0 amide bonds. The molecule has 4 aromatic rings. The highest BCUT2D eigenvalue weighted by Gasteiger charge is 2.53. The molecule has 2 fully saturated rings. The van der Waals surface area contributed by atoms with Gasteiger partial charge < -0.3 is 14.6 Å². The summed E-state index contributed by atoms with van der Waals surface area (Å²) in [5, 5.41) is 18.1. The van der Waals surface area contributed by atoms with Crippen molar-refractivity contribution in [3.8, 4) is 11.8 Å². The van der Waals surface area contributed by atoms with Crippen molar-refractivity contribution in [3.05, 3.63) is 75.7 Å². The number of hydrogen-bond donors (Lipinski definition) is 1. The Morgan fingerprint density at radius 1 is 1.06 bits per heavy atom. The summed E-state index contributed by atoms with van der Waals surface area (Å²) >= 11 is 0. The number of nitrogens with zero attached hydrogens (tertiary/aromatic N) is 6. The standard InChI is InChI=1S/C38H46F2N6O6S/c1-23-9-10-26(30(37(4,5)36(47)48)28-11-16-46-32(25(28)3)42-43-33(46)31(39)40)20-27(23)21-45-22-38(12-13-38)52-35-29(53(45,49)50)19-24(2)34(41-35)51-18-17-44-14-7-6-8-15-44/h9-11,16,19-20,30-31H,6-8,12-15,17-18,21-22H2,1-5H3,(H,47,48). The first-order valence-electron chi connectivity index (χ1n) is 18.1. The smallest absolute Gasteiger partial charge is 0.310 e. The first kappa shape index (κ1) is 37.1. The molecular formula is C38H46F2N6O6S. The SMILES string of the molecule is Cc1ccc(C(c2ccn3c(C(F)F)nnc3c2C)C(C)(C)C(=O)O)cc1CN1CC2(CC2)Oc2nc(OCCN3CCCCC3)c(C)cc2S1(=O)=O. The van der Waals surface area contributed by atoms with Crippen molar-refractivity contribution in [3.63, 3.8) is 0 Å². The molecule has 1 atom stereocenters. The van der Waals surface area contributed by atoms with Crippen LogP contribution in [0.15, 0.2) is 41.4 Å². The van der Waals surface area contributed by atoms with Gasteiger partial charge in [0, 0.05) is 30.8 Å². The molecule has 284 valence electrons. The molecule has 2 aliphatic heterocycles. The maximum absolute atomic E-state index is 14.5. The third-order valence-corrected chi connectivity index (χ3v) is 12.9. The minimum atomic E-state index is -4.10. The summed E-state index contributed by atoms with van der Waals surface area (Å²) in [6.45, 7) is 12.0. The zero-order valence-electron chi connectivity index (χ0n) is 30.7. The number of sulfonamides is 1. The maximum Gasteiger partial charge on any atom is 0.310 e. The van der Waals surface area contributed by atoms with Gasteiger partial charge in [0.2, 0.25) is 27.6 Å². The van der Waals surface area contributed by atoms with Crippen LogP contribution >= 0.6 is 0 Å². The third kappa shape index (κ3) is 6.98. The average Bonchev–Trinajstić information content (AvgIpc) is 3.73. The molecule has 53 heavy (non-hydrogen) atoms. The second kappa shape index (κ2) is 13.9. The largest absolute Gasteiger partial charge is 0.481 e. The molecule has 1 saturated heterocycles. The summed E-state index contributed by atoms with van der Waals surface area (Å²) in [5.41, 5.74) is 1.98. The minimum absolute atomic E-state index is 0.0127. The lowest BCUT2D eigenvalue weighted by Gasteiger charge is -2.33. The molecule has 3 aromatic heterocycles. The number of halogens is 2. The van der Waals surface area contributed by atoms with Gasteiger partial charge >= 0.3 is 5.97 Å². The molecule has 1 aromatic carbocycles. The van der Waals surface area contributed by atoms with Gasteiger partial charge in [-0.05, 0) is 113 Å². The first-order valence-corrected chi connectivity index (χ1v) is 19.6. The van der Waals surface area contributed by atoms with Crippen molar-refractivity contribution in [2.24, 2.45) is 5.41 Å². The zero-order chi connectivity index (χ0) is 37.9. The van der Waals surface area contributed by atoms with Gasteiger partial charge in [0.05, 0.1) is 12.0 Å². The number of benzene rings is 1. The van der Waals surface area contributed by atoms with Gasteiger partial charge in [-0.1, -0.05) is 24.6 Å². The highest BCUT2D eigenvalue weighted by molar-refractivity contribution is 7.89. The molecule has 1 spiro atoms. The Morgan fingerprint density at radius 2 is 1.79 bits per heavy atom. The van der Waals surface area contributed by atoms with E-state index in [1.165, 1.54) is 34.2 Å². The normalized spacial score (nSPS) is 19.2. The number of fused-ring (bicyclic) bond motifs is 2. The molecular weight excluding hydrogens is 707 g/mol. The fourth-order valence-corrected chi connectivity index (χ4v) is 9.28. The molecule has 12 nitrogen and oxygen atoms in total. The van der Waals surface area contributed by atoms with Crippen molar-refractivity contribution in [2.45, 2.75) is 96.1 Å². The van der Waals surface area contributed by atoms with Crippen LogP contribution in [0.2, 0.25) is 0 Å². The van der Waals surface area contributed by atoms with E-state index < -0.39 is 45.2 Å². The Labute approximate surface area is 308 Å². The van der Waals surface area contributed by atoms with E-state index in [4.69, 9.17) is 9.47 Å². The van der Waals surface area contributed by atoms with Crippen LogP contribution in [0.5, 0.6) is 11.8 Å². The second-order valence-corrected chi connectivity index (χ2v) is 17.2. The molecule has 7 rings (SSSR count). The van der Waals surface area contributed by atoms with Crippen LogP contribution < -0.4 is 9.47 Å². The fraction of sp³-hybridized carbons (Fsp3) is 0.526. The number of alkyl halides is 2. The Hall–Kier alpha value is -4.21. The van der Waals surface area contributed by atoms with Crippen molar-refractivity contribution in [1.29, 1.82) is 0 Å². The number of pyridine rings is 2. The Kier molecular flexibility index (Phi) is 9.73. The van der Waals surface area contributed by atoms with E-state index in [2.05, 4.69) is 20.1 Å². The molecule has 15 heteroatoms. The summed E-state index contributed by atoms with van der Waals surface area (Å²) < 4.78 is 71.3. The summed E-state index contributed by atoms with van der Waals surface area (Å²) in [6, 6.07) is 8.77. The number of aliphatic carboxylic acids is 1. The lowest BCUT2D eigenvalue weighted by molar-refractivity contribution is -0.147. The molecule has 0 bridgehead atoms. The van der Waals surface area contributed by atoms with Crippen LogP contribution in [0.1, 0.15) is 97.5 Å². The molecule has 3 aliphatic rings. The Balaban J connectivity index is 1.22. The van der Waals surface area contributed by atoms with Gasteiger partial charge in [-0.3, -0.25) is 14.1 Å². The first-order chi connectivity index (χ1) is 25.1. The summed E-state index contributed by atoms with van der Waals surface area (Å²) in [4.78, 5) is 19.8. The third-order valence-electron chi connectivity index (χ3n) is 11.1. The van der Waals surface area contributed by atoms with Gasteiger partial charge in [0.25, 0.3) is 6.43 Å². The molecule has 0 radical (unpaired) electrons. The van der Waals surface area contributed by atoms with Crippen LogP contribution in [-0.4, -0.2) is 86.7 Å². The topological polar surface area (TPSA) is 139 Å². The van der Waals surface area contributed by atoms with Crippen molar-refractivity contribution in [2.75, 3.05) is 32.8 Å². The quantitative estimate of drug-likeness (QED) is 0.188. The van der Waals surface area contributed by atoms with Crippen LogP contribution in [0.4, 0.5) is 8.78 Å². The minimum Gasteiger partial charge on any atom is -0.481 e. The molecule has 1 unspecified atom stereocenters. The van der Waals surface area contributed by atoms with E-state index in [0.717, 1.165) is 25.2 Å².